The van der Waals surface area contributed by atoms with E-state index < -0.39 is 5.66 Å². The first-order valence-corrected chi connectivity index (χ1v) is 5.82. The van der Waals surface area contributed by atoms with Gasteiger partial charge in [0, 0.05) is 12.8 Å². The maximum absolute atomic E-state index is 12.3. The van der Waals surface area contributed by atoms with Crippen LogP contribution in [0.3, 0.4) is 0 Å². The SMILES string of the molecule is Nc1cccc2c1=[N+]([O-])C1(CCCCC1)N=2. The number of rotatable bonds is 0. The van der Waals surface area contributed by atoms with Gasteiger partial charge in [0.1, 0.15) is 11.0 Å². The predicted molar refractivity (Wildman–Crippen MR) is 62.1 cm³/mol. The molecule has 1 aromatic carbocycles. The van der Waals surface area contributed by atoms with E-state index in [9.17, 15) is 5.21 Å². The Balaban J connectivity index is 2.26. The summed E-state index contributed by atoms with van der Waals surface area (Å²) < 4.78 is 1.05. The van der Waals surface area contributed by atoms with Crippen molar-refractivity contribution in [2.24, 2.45) is 4.99 Å². The minimum atomic E-state index is -0.546. The van der Waals surface area contributed by atoms with Gasteiger partial charge in [-0.1, -0.05) is 12.5 Å². The van der Waals surface area contributed by atoms with Crippen molar-refractivity contribution in [2.45, 2.75) is 37.8 Å². The molecular formula is C12H15N3O. The van der Waals surface area contributed by atoms with Gasteiger partial charge in [-0.25, -0.2) is 4.99 Å². The second kappa shape index (κ2) is 3.20. The number of benzene rings is 1. The van der Waals surface area contributed by atoms with E-state index in [4.69, 9.17) is 5.73 Å². The summed E-state index contributed by atoms with van der Waals surface area (Å²) in [6.07, 6.45) is 5.07. The summed E-state index contributed by atoms with van der Waals surface area (Å²) >= 11 is 0. The van der Waals surface area contributed by atoms with Gasteiger partial charge in [0.05, 0.1) is 0 Å². The van der Waals surface area contributed by atoms with Gasteiger partial charge in [0.15, 0.2) is 0 Å². The van der Waals surface area contributed by atoms with Gasteiger partial charge in [0.2, 0.25) is 0 Å². The zero-order valence-electron chi connectivity index (χ0n) is 9.15. The van der Waals surface area contributed by atoms with Crippen molar-refractivity contribution in [1.82, 2.24) is 4.74 Å². The highest BCUT2D eigenvalue weighted by Crippen LogP contribution is 2.31. The largest absolute Gasteiger partial charge is 0.621 e. The van der Waals surface area contributed by atoms with E-state index >= 15 is 0 Å². The molecule has 0 unspecified atom stereocenters. The minimum Gasteiger partial charge on any atom is -0.621 e. The summed E-state index contributed by atoms with van der Waals surface area (Å²) in [5.74, 6) is 0. The minimum absolute atomic E-state index is 0.540. The van der Waals surface area contributed by atoms with E-state index in [2.05, 4.69) is 4.99 Å². The summed E-state index contributed by atoms with van der Waals surface area (Å²) in [4.78, 5) is 4.62. The van der Waals surface area contributed by atoms with Crippen LogP contribution in [0.15, 0.2) is 23.2 Å². The van der Waals surface area contributed by atoms with Crippen LogP contribution in [0.2, 0.25) is 0 Å². The Bertz CT molecular complexity index is 544. The van der Waals surface area contributed by atoms with Crippen LogP contribution in [0.25, 0.3) is 0 Å². The lowest BCUT2D eigenvalue weighted by atomic mass is 9.90. The molecule has 2 N–H and O–H groups in total. The predicted octanol–water partition coefficient (Wildman–Crippen LogP) is 0.551. The second-order valence-corrected chi connectivity index (χ2v) is 4.66. The quantitative estimate of drug-likeness (QED) is 0.392. The molecule has 0 radical (unpaired) electrons. The molecule has 3 rings (SSSR count). The Labute approximate surface area is 93.7 Å². The molecule has 0 bridgehead atoms. The van der Waals surface area contributed by atoms with Gasteiger partial charge in [0.25, 0.3) is 11.0 Å². The van der Waals surface area contributed by atoms with Crippen LogP contribution in [0, 0.1) is 5.21 Å². The lowest BCUT2D eigenvalue weighted by molar-refractivity contribution is 0.241. The fourth-order valence-corrected chi connectivity index (χ4v) is 2.77. The third kappa shape index (κ3) is 1.16. The Kier molecular flexibility index (Phi) is 1.93. The molecule has 0 amide bonds. The Morgan fingerprint density at radius 2 is 2.00 bits per heavy atom. The Morgan fingerprint density at radius 3 is 2.69 bits per heavy atom. The zero-order valence-corrected chi connectivity index (χ0v) is 9.15. The zero-order chi connectivity index (χ0) is 11.2. The van der Waals surface area contributed by atoms with E-state index in [1.807, 2.05) is 12.1 Å². The average molecular weight is 217 g/mol. The summed E-state index contributed by atoms with van der Waals surface area (Å²) in [5, 5.41) is 13.7. The number of fused-ring (bicyclic) bond motifs is 1. The molecule has 4 heteroatoms. The van der Waals surface area contributed by atoms with Crippen molar-refractivity contribution >= 4 is 5.69 Å². The molecule has 1 fully saturated rings. The van der Waals surface area contributed by atoms with Crippen molar-refractivity contribution < 1.29 is 0 Å². The summed E-state index contributed by atoms with van der Waals surface area (Å²) in [6.45, 7) is 0. The molecular weight excluding hydrogens is 202 g/mol. The monoisotopic (exact) mass is 217 g/mol. The van der Waals surface area contributed by atoms with E-state index in [-0.39, 0.29) is 0 Å². The van der Waals surface area contributed by atoms with Crippen molar-refractivity contribution in [3.8, 4) is 0 Å². The third-order valence-corrected chi connectivity index (χ3v) is 3.61. The van der Waals surface area contributed by atoms with Gasteiger partial charge < -0.3 is 10.9 Å². The van der Waals surface area contributed by atoms with Crippen LogP contribution in [-0.2, 0) is 0 Å². The number of nitrogens with zero attached hydrogens (tertiary/aromatic N) is 2. The number of nitrogen functional groups attached to an aromatic ring is 1. The molecule has 84 valence electrons. The first-order chi connectivity index (χ1) is 7.73. The molecule has 1 aliphatic heterocycles. The summed E-state index contributed by atoms with van der Waals surface area (Å²) in [6, 6.07) is 5.49. The molecule has 2 aliphatic rings. The summed E-state index contributed by atoms with van der Waals surface area (Å²) in [5.41, 5.74) is 5.85. The molecule has 1 spiro atoms. The fraction of sp³-hybridized carbons (Fsp3) is 0.500. The topological polar surface area (TPSA) is 64.5 Å². The smallest absolute Gasteiger partial charge is 0.266 e. The number of hydrogen-bond donors (Lipinski definition) is 1. The van der Waals surface area contributed by atoms with Crippen molar-refractivity contribution in [3.63, 3.8) is 0 Å². The first kappa shape index (κ1) is 9.63. The van der Waals surface area contributed by atoms with Gasteiger partial charge in [-0.15, -0.1) is 0 Å². The third-order valence-electron chi connectivity index (χ3n) is 3.61. The lowest BCUT2D eigenvalue weighted by Gasteiger charge is -2.28. The maximum Gasteiger partial charge on any atom is 0.266 e. The molecule has 0 aromatic heterocycles. The van der Waals surface area contributed by atoms with Crippen molar-refractivity contribution in [3.05, 3.63) is 34.1 Å². The van der Waals surface area contributed by atoms with E-state index in [1.54, 1.807) is 6.07 Å². The number of nitrogens with two attached hydrogens (primary N) is 1. The molecule has 1 saturated carbocycles. The van der Waals surface area contributed by atoms with Crippen LogP contribution >= 0.6 is 0 Å². The Hall–Kier alpha value is -1.58. The molecule has 4 nitrogen and oxygen atoms in total. The molecule has 16 heavy (non-hydrogen) atoms. The maximum atomic E-state index is 12.3. The highest BCUT2D eigenvalue weighted by Gasteiger charge is 2.43. The van der Waals surface area contributed by atoms with E-state index in [1.165, 1.54) is 6.42 Å². The van der Waals surface area contributed by atoms with Crippen molar-refractivity contribution in [2.75, 3.05) is 5.73 Å². The molecule has 1 aromatic rings. The first-order valence-electron chi connectivity index (χ1n) is 5.82. The molecule has 0 atom stereocenters. The standard InChI is InChI=1S/C12H15N3O/c13-9-5-4-6-10-11(9)15(16)12(14-10)7-2-1-3-8-12/h4-6H,1-3,7-8,13H2. The van der Waals surface area contributed by atoms with Crippen LogP contribution < -0.4 is 21.2 Å². The molecule has 1 heterocycles. The van der Waals surface area contributed by atoms with Gasteiger partial charge in [-0.2, -0.15) is 4.74 Å². The highest BCUT2D eigenvalue weighted by molar-refractivity contribution is 5.37. The number of hydroxylamine groups is 1. The normalized spacial score (nSPS) is 21.9. The van der Waals surface area contributed by atoms with Crippen LogP contribution in [0.1, 0.15) is 32.1 Å². The highest BCUT2D eigenvalue weighted by atomic mass is 16.5. The average Bonchev–Trinajstić information content (AvgIpc) is 2.55. The summed E-state index contributed by atoms with van der Waals surface area (Å²) in [7, 11) is 0. The second-order valence-electron chi connectivity index (χ2n) is 4.66. The van der Waals surface area contributed by atoms with Gasteiger partial charge in [-0.3, -0.25) is 0 Å². The lowest BCUT2D eigenvalue weighted by Crippen LogP contribution is -2.45. The Morgan fingerprint density at radius 1 is 1.25 bits per heavy atom. The van der Waals surface area contributed by atoms with Gasteiger partial charge in [-0.05, 0) is 25.0 Å². The van der Waals surface area contributed by atoms with Crippen LogP contribution in [0.5, 0.6) is 0 Å². The van der Waals surface area contributed by atoms with Crippen LogP contribution in [-0.4, -0.2) is 5.66 Å². The number of para-hydroxylation sites is 1. The van der Waals surface area contributed by atoms with Crippen molar-refractivity contribution in [1.29, 1.82) is 0 Å². The van der Waals surface area contributed by atoms with E-state index in [0.717, 1.165) is 35.8 Å². The fourth-order valence-electron chi connectivity index (χ4n) is 2.77. The number of anilines is 1. The molecule has 0 saturated heterocycles. The van der Waals surface area contributed by atoms with E-state index in [0.29, 0.717) is 11.0 Å². The van der Waals surface area contributed by atoms with Gasteiger partial charge >= 0.3 is 0 Å². The number of hydrogen-bond acceptors (Lipinski definition) is 3. The van der Waals surface area contributed by atoms with Crippen LogP contribution in [0.4, 0.5) is 5.69 Å². The molecule has 1 aliphatic carbocycles.